The number of aryl methyl sites for hydroxylation is 1. The van der Waals surface area contributed by atoms with Crippen LogP contribution in [0.25, 0.3) is 0 Å². The highest BCUT2D eigenvalue weighted by atomic mass is 32.1. The summed E-state index contributed by atoms with van der Waals surface area (Å²) < 4.78 is 2.00. The van der Waals surface area contributed by atoms with Gasteiger partial charge in [0.2, 0.25) is 0 Å². The van der Waals surface area contributed by atoms with Crippen molar-refractivity contribution in [1.82, 2.24) is 15.3 Å². The van der Waals surface area contributed by atoms with E-state index in [0.29, 0.717) is 11.2 Å². The summed E-state index contributed by atoms with van der Waals surface area (Å²) in [5.41, 5.74) is 3.92. The van der Waals surface area contributed by atoms with E-state index in [4.69, 9.17) is 12.2 Å². The van der Waals surface area contributed by atoms with Crippen LogP contribution in [0.1, 0.15) is 37.8 Å². The third kappa shape index (κ3) is 3.84. The van der Waals surface area contributed by atoms with Crippen molar-refractivity contribution in [3.05, 3.63) is 24.0 Å². The van der Waals surface area contributed by atoms with Gasteiger partial charge in [0.05, 0.1) is 11.9 Å². The first-order valence-electron chi connectivity index (χ1n) is 6.46. The summed E-state index contributed by atoms with van der Waals surface area (Å²) in [5, 5.41) is 8.07. The average molecular weight is 264 g/mol. The summed E-state index contributed by atoms with van der Waals surface area (Å²) in [6, 6.07) is 4.51. The second-order valence-electron chi connectivity index (χ2n) is 4.72. The molecule has 0 spiro atoms. The van der Waals surface area contributed by atoms with E-state index >= 15 is 0 Å². The van der Waals surface area contributed by atoms with Gasteiger partial charge in [0.25, 0.3) is 0 Å². The van der Waals surface area contributed by atoms with Gasteiger partial charge in [-0.1, -0.05) is 19.3 Å². The van der Waals surface area contributed by atoms with Gasteiger partial charge in [-0.3, -0.25) is 5.43 Å². The zero-order valence-electron chi connectivity index (χ0n) is 10.7. The van der Waals surface area contributed by atoms with Crippen LogP contribution in [0, 0.1) is 0 Å². The molecule has 0 atom stereocenters. The quantitative estimate of drug-likeness (QED) is 0.499. The molecule has 2 rings (SSSR count). The lowest BCUT2D eigenvalue weighted by atomic mass is 9.96. The van der Waals surface area contributed by atoms with Gasteiger partial charge < -0.3 is 9.88 Å². The molecule has 98 valence electrons. The van der Waals surface area contributed by atoms with Crippen LogP contribution in [-0.4, -0.2) is 21.9 Å². The van der Waals surface area contributed by atoms with Crippen LogP contribution in [0.5, 0.6) is 0 Å². The highest BCUT2D eigenvalue weighted by Crippen LogP contribution is 2.17. The minimum Gasteiger partial charge on any atom is -0.359 e. The Morgan fingerprint density at radius 1 is 1.44 bits per heavy atom. The highest BCUT2D eigenvalue weighted by Gasteiger charge is 2.13. The maximum Gasteiger partial charge on any atom is 0.187 e. The number of nitrogens with one attached hydrogen (secondary N) is 2. The molecule has 1 aromatic heterocycles. The molecule has 0 saturated heterocycles. The van der Waals surface area contributed by atoms with Crippen LogP contribution < -0.4 is 10.7 Å². The van der Waals surface area contributed by atoms with Gasteiger partial charge in [0.15, 0.2) is 5.11 Å². The van der Waals surface area contributed by atoms with E-state index in [2.05, 4.69) is 15.8 Å². The molecule has 0 aliphatic heterocycles. The molecule has 1 fully saturated rings. The minimum absolute atomic E-state index is 0.518. The Hall–Kier alpha value is -1.36. The molecular weight excluding hydrogens is 244 g/mol. The van der Waals surface area contributed by atoms with E-state index in [1.807, 2.05) is 29.9 Å². The Balaban J connectivity index is 1.74. The highest BCUT2D eigenvalue weighted by molar-refractivity contribution is 7.80. The zero-order valence-corrected chi connectivity index (χ0v) is 11.5. The van der Waals surface area contributed by atoms with Gasteiger partial charge >= 0.3 is 0 Å². The van der Waals surface area contributed by atoms with Crippen LogP contribution >= 0.6 is 12.2 Å². The molecule has 1 aromatic rings. The van der Waals surface area contributed by atoms with Gasteiger partial charge in [-0.2, -0.15) is 5.10 Å². The van der Waals surface area contributed by atoms with Crippen molar-refractivity contribution < 1.29 is 0 Å². The van der Waals surface area contributed by atoms with E-state index < -0.39 is 0 Å². The van der Waals surface area contributed by atoms with Crippen molar-refractivity contribution in [2.24, 2.45) is 12.1 Å². The van der Waals surface area contributed by atoms with Gasteiger partial charge in [-0.15, -0.1) is 0 Å². The van der Waals surface area contributed by atoms with Gasteiger partial charge in [0, 0.05) is 19.3 Å². The summed E-state index contributed by atoms with van der Waals surface area (Å²) in [4.78, 5) is 0. The lowest BCUT2D eigenvalue weighted by Gasteiger charge is -2.23. The molecule has 4 nitrogen and oxygen atoms in total. The lowest BCUT2D eigenvalue weighted by molar-refractivity contribution is 0.412. The molecule has 1 saturated carbocycles. The van der Waals surface area contributed by atoms with Crippen LogP contribution in [0.4, 0.5) is 0 Å². The van der Waals surface area contributed by atoms with Gasteiger partial charge in [0.1, 0.15) is 0 Å². The van der Waals surface area contributed by atoms with E-state index in [9.17, 15) is 0 Å². The maximum atomic E-state index is 5.22. The minimum atomic E-state index is 0.518. The van der Waals surface area contributed by atoms with E-state index in [1.165, 1.54) is 32.1 Å². The fourth-order valence-electron chi connectivity index (χ4n) is 2.23. The normalized spacial score (nSPS) is 16.9. The summed E-state index contributed by atoms with van der Waals surface area (Å²) in [5.74, 6) is 0. The zero-order chi connectivity index (χ0) is 12.8. The number of nitrogens with zero attached hydrogens (tertiary/aromatic N) is 2. The van der Waals surface area contributed by atoms with Crippen LogP contribution in [0.2, 0.25) is 0 Å². The first kappa shape index (κ1) is 13.1. The van der Waals surface area contributed by atoms with E-state index in [1.54, 1.807) is 6.21 Å². The second kappa shape index (κ2) is 6.54. The van der Waals surface area contributed by atoms with Crippen molar-refractivity contribution in [1.29, 1.82) is 0 Å². The van der Waals surface area contributed by atoms with Crippen molar-refractivity contribution in [2.75, 3.05) is 0 Å². The lowest BCUT2D eigenvalue weighted by Crippen LogP contribution is -2.40. The van der Waals surface area contributed by atoms with Crippen molar-refractivity contribution in [2.45, 2.75) is 38.1 Å². The van der Waals surface area contributed by atoms with Gasteiger partial charge in [-0.25, -0.2) is 0 Å². The van der Waals surface area contributed by atoms with E-state index in [-0.39, 0.29) is 0 Å². The molecule has 0 radical (unpaired) electrons. The third-order valence-electron chi connectivity index (χ3n) is 3.29. The SMILES string of the molecule is Cn1cccc1/C=N/NC(=S)NC1CCCCC1. The van der Waals surface area contributed by atoms with Crippen molar-refractivity contribution in [3.63, 3.8) is 0 Å². The summed E-state index contributed by atoms with van der Waals surface area (Å²) in [6.07, 6.45) is 10.1. The molecule has 0 amide bonds. The largest absolute Gasteiger partial charge is 0.359 e. The molecule has 0 aromatic carbocycles. The van der Waals surface area contributed by atoms with Crippen molar-refractivity contribution >= 4 is 23.5 Å². The molecule has 1 heterocycles. The Kier molecular flexibility index (Phi) is 4.75. The Morgan fingerprint density at radius 3 is 2.89 bits per heavy atom. The Labute approximate surface area is 113 Å². The fraction of sp³-hybridized carbons (Fsp3) is 0.538. The van der Waals surface area contributed by atoms with Gasteiger partial charge in [-0.05, 0) is 37.2 Å². The van der Waals surface area contributed by atoms with Crippen LogP contribution in [0.15, 0.2) is 23.4 Å². The molecule has 0 bridgehead atoms. The monoisotopic (exact) mass is 264 g/mol. The topological polar surface area (TPSA) is 41.4 Å². The number of rotatable bonds is 3. The first-order valence-corrected chi connectivity index (χ1v) is 6.87. The molecule has 5 heteroatoms. The Bertz CT molecular complexity index is 418. The predicted octanol–water partition coefficient (Wildman–Crippen LogP) is 2.16. The third-order valence-corrected chi connectivity index (χ3v) is 3.50. The van der Waals surface area contributed by atoms with E-state index in [0.717, 1.165) is 5.69 Å². The molecule has 0 unspecified atom stereocenters. The molecular formula is C13H20N4S. The van der Waals surface area contributed by atoms with Crippen LogP contribution in [0.3, 0.4) is 0 Å². The smallest absolute Gasteiger partial charge is 0.187 e. The number of hydrogen-bond acceptors (Lipinski definition) is 2. The van der Waals surface area contributed by atoms with Crippen LogP contribution in [-0.2, 0) is 7.05 Å². The predicted molar refractivity (Wildman–Crippen MR) is 78.7 cm³/mol. The fourth-order valence-corrected chi connectivity index (χ4v) is 2.45. The standard InChI is InChI=1S/C13H20N4S/c1-17-9-5-8-12(17)10-14-16-13(18)15-11-6-3-2-4-7-11/h5,8-11H,2-4,6-7H2,1H3,(H2,15,16,18)/b14-10+. The molecule has 1 aliphatic rings. The number of thiocarbonyl (C=S) groups is 1. The first-order chi connectivity index (χ1) is 8.75. The number of hydrogen-bond donors (Lipinski definition) is 2. The molecule has 1 aliphatic carbocycles. The molecule has 18 heavy (non-hydrogen) atoms. The van der Waals surface area contributed by atoms with Crippen molar-refractivity contribution in [3.8, 4) is 0 Å². The Morgan fingerprint density at radius 2 is 2.22 bits per heavy atom. The second-order valence-corrected chi connectivity index (χ2v) is 5.13. The summed E-state index contributed by atoms with van der Waals surface area (Å²) in [6.45, 7) is 0. The average Bonchev–Trinajstić information content (AvgIpc) is 2.76. The number of hydrazone groups is 1. The summed E-state index contributed by atoms with van der Waals surface area (Å²) in [7, 11) is 1.99. The molecule has 2 N–H and O–H groups in total. The maximum absolute atomic E-state index is 5.22. The number of aromatic nitrogens is 1. The summed E-state index contributed by atoms with van der Waals surface area (Å²) >= 11 is 5.22.